The molecule has 0 bridgehead atoms. The van der Waals surface area contributed by atoms with Gasteiger partial charge in [-0.25, -0.2) is 26.9 Å². The lowest BCUT2D eigenvalue weighted by molar-refractivity contribution is 0.0977. The average Bonchev–Trinajstić information content (AvgIpc) is 2.96. The zero-order chi connectivity index (χ0) is 20.6. The lowest BCUT2D eigenvalue weighted by Crippen LogP contribution is -2.31. The molecule has 1 amide bonds. The van der Waals surface area contributed by atoms with Crippen molar-refractivity contribution in [3.63, 3.8) is 0 Å². The monoisotopic (exact) mass is 425 g/mol. The van der Waals surface area contributed by atoms with Crippen LogP contribution in [0.2, 0.25) is 5.02 Å². The smallest absolute Gasteiger partial charge is 0.285 e. The van der Waals surface area contributed by atoms with Crippen molar-refractivity contribution in [3.8, 4) is 11.4 Å². The van der Waals surface area contributed by atoms with Gasteiger partial charge in [0.15, 0.2) is 0 Å². The highest BCUT2D eigenvalue weighted by molar-refractivity contribution is 7.90. The van der Waals surface area contributed by atoms with Crippen molar-refractivity contribution in [2.45, 2.75) is 11.8 Å². The van der Waals surface area contributed by atoms with Crippen molar-refractivity contribution in [1.82, 2.24) is 14.3 Å². The summed E-state index contributed by atoms with van der Waals surface area (Å²) in [6.07, 6.45) is 1.18. The normalized spacial score (nSPS) is 11.5. The fourth-order valence-corrected chi connectivity index (χ4v) is 4.08. The number of amides is 1. The van der Waals surface area contributed by atoms with E-state index in [4.69, 9.17) is 11.6 Å². The first-order chi connectivity index (χ1) is 13.1. The third-order valence-electron chi connectivity index (χ3n) is 3.95. The molecule has 10 heteroatoms. The van der Waals surface area contributed by atoms with E-state index in [1.165, 1.54) is 49.0 Å². The van der Waals surface area contributed by atoms with Crippen LogP contribution in [0.4, 0.5) is 8.78 Å². The molecule has 0 fully saturated rings. The number of aromatic nitrogens is 2. The third-order valence-corrected chi connectivity index (χ3v) is 5.68. The number of hydrogen-bond donors (Lipinski definition) is 1. The molecule has 1 aromatic heterocycles. The quantitative estimate of drug-likeness (QED) is 0.694. The van der Waals surface area contributed by atoms with Gasteiger partial charge in [-0.3, -0.25) is 4.79 Å². The summed E-state index contributed by atoms with van der Waals surface area (Å²) in [5.41, 5.74) is -0.376. The van der Waals surface area contributed by atoms with Crippen molar-refractivity contribution in [3.05, 3.63) is 70.5 Å². The van der Waals surface area contributed by atoms with Crippen LogP contribution >= 0.6 is 11.6 Å². The van der Waals surface area contributed by atoms with Gasteiger partial charge in [0.25, 0.3) is 15.9 Å². The Morgan fingerprint density at radius 2 is 1.82 bits per heavy atom. The van der Waals surface area contributed by atoms with Crippen LogP contribution in [0.5, 0.6) is 0 Å². The highest BCUT2D eigenvalue weighted by Gasteiger charge is 2.24. The predicted molar refractivity (Wildman–Crippen MR) is 99.4 cm³/mol. The molecular weight excluding hydrogens is 412 g/mol. The first-order valence-corrected chi connectivity index (χ1v) is 9.77. The maximum Gasteiger partial charge on any atom is 0.285 e. The molecule has 1 N–H and O–H groups in total. The van der Waals surface area contributed by atoms with E-state index < -0.39 is 33.1 Å². The van der Waals surface area contributed by atoms with Crippen LogP contribution in [0, 0.1) is 18.6 Å². The van der Waals surface area contributed by atoms with E-state index in [9.17, 15) is 22.0 Å². The van der Waals surface area contributed by atoms with Gasteiger partial charge in [0.05, 0.1) is 10.5 Å². The predicted octanol–water partition coefficient (Wildman–Crippen LogP) is 3.45. The SMILES string of the molecule is Cc1cc(Cl)ccc1S(=O)(=O)NC(=O)c1cn(C)c(-c2c(F)cccc2F)n1. The second kappa shape index (κ2) is 7.33. The molecule has 0 spiro atoms. The van der Waals surface area contributed by atoms with Gasteiger partial charge in [-0.15, -0.1) is 0 Å². The lowest BCUT2D eigenvalue weighted by atomic mass is 10.2. The second-order valence-electron chi connectivity index (χ2n) is 6.00. The number of carbonyl (C=O) groups excluding carboxylic acids is 1. The first-order valence-electron chi connectivity index (χ1n) is 7.91. The van der Waals surface area contributed by atoms with Gasteiger partial charge in [-0.2, -0.15) is 0 Å². The summed E-state index contributed by atoms with van der Waals surface area (Å²) in [6, 6.07) is 7.41. The Bertz CT molecular complexity index is 1170. The van der Waals surface area contributed by atoms with Crippen molar-refractivity contribution in [1.29, 1.82) is 0 Å². The number of aryl methyl sites for hydroxylation is 2. The Morgan fingerprint density at radius 1 is 1.18 bits per heavy atom. The topological polar surface area (TPSA) is 81.1 Å². The molecule has 0 atom stereocenters. The highest BCUT2D eigenvalue weighted by Crippen LogP contribution is 2.25. The van der Waals surface area contributed by atoms with Gasteiger partial charge in [0.2, 0.25) is 0 Å². The molecule has 0 radical (unpaired) electrons. The Balaban J connectivity index is 1.94. The summed E-state index contributed by atoms with van der Waals surface area (Å²) < 4.78 is 56.1. The number of sulfonamides is 1. The van der Waals surface area contributed by atoms with Crippen molar-refractivity contribution < 1.29 is 22.0 Å². The molecule has 0 saturated carbocycles. The Hall–Kier alpha value is -2.78. The molecule has 0 aliphatic carbocycles. The second-order valence-corrected chi connectivity index (χ2v) is 8.09. The summed E-state index contributed by atoms with van der Waals surface area (Å²) in [5.74, 6) is -2.90. The number of halogens is 3. The molecule has 3 rings (SSSR count). The number of carbonyl (C=O) groups is 1. The van der Waals surface area contributed by atoms with Crippen LogP contribution in [0.15, 0.2) is 47.5 Å². The fraction of sp³-hybridized carbons (Fsp3) is 0.111. The molecule has 2 aromatic carbocycles. The molecule has 0 saturated heterocycles. The van der Waals surface area contributed by atoms with Crippen molar-refractivity contribution >= 4 is 27.5 Å². The van der Waals surface area contributed by atoms with E-state index in [0.29, 0.717) is 10.6 Å². The number of nitrogens with zero attached hydrogens (tertiary/aromatic N) is 2. The van der Waals surface area contributed by atoms with Gasteiger partial charge in [0.1, 0.15) is 23.2 Å². The Labute approximate surface area is 164 Å². The molecule has 6 nitrogen and oxygen atoms in total. The average molecular weight is 426 g/mol. The number of hydrogen-bond acceptors (Lipinski definition) is 4. The number of imidazole rings is 1. The minimum Gasteiger partial charge on any atom is -0.333 e. The molecule has 0 unspecified atom stereocenters. The zero-order valence-corrected chi connectivity index (χ0v) is 16.3. The zero-order valence-electron chi connectivity index (χ0n) is 14.7. The minimum atomic E-state index is -4.20. The van der Waals surface area contributed by atoms with Gasteiger partial charge < -0.3 is 4.57 Å². The lowest BCUT2D eigenvalue weighted by Gasteiger charge is -2.08. The fourth-order valence-electron chi connectivity index (χ4n) is 2.66. The molecule has 28 heavy (non-hydrogen) atoms. The number of nitrogens with one attached hydrogen (secondary N) is 1. The van der Waals surface area contributed by atoms with E-state index in [2.05, 4.69) is 4.98 Å². The molecule has 3 aromatic rings. The summed E-state index contributed by atoms with van der Waals surface area (Å²) in [5, 5.41) is 0.351. The van der Waals surface area contributed by atoms with Crippen LogP contribution in [-0.2, 0) is 17.1 Å². The molecule has 1 heterocycles. The molecule has 0 aliphatic heterocycles. The molecule has 146 valence electrons. The first kappa shape index (κ1) is 20.0. The van der Waals surface area contributed by atoms with Crippen molar-refractivity contribution in [2.24, 2.45) is 7.05 Å². The van der Waals surface area contributed by atoms with E-state index in [-0.39, 0.29) is 16.4 Å². The van der Waals surface area contributed by atoms with Crippen LogP contribution < -0.4 is 4.72 Å². The van der Waals surface area contributed by atoms with E-state index in [1.807, 2.05) is 4.72 Å². The Kier molecular flexibility index (Phi) is 5.22. The standard InChI is InChI=1S/C18H14ClF2N3O3S/c1-10-8-11(19)6-7-15(10)28(26,27)23-18(25)14-9-24(2)17(22-14)16-12(20)4-3-5-13(16)21/h3-9H,1-2H3,(H,23,25). The third kappa shape index (κ3) is 3.76. The van der Waals surface area contributed by atoms with Gasteiger partial charge in [-0.1, -0.05) is 17.7 Å². The minimum absolute atomic E-state index is 0.124. The van der Waals surface area contributed by atoms with Crippen LogP contribution in [0.3, 0.4) is 0 Å². The van der Waals surface area contributed by atoms with Gasteiger partial charge in [0, 0.05) is 18.3 Å². The van der Waals surface area contributed by atoms with Gasteiger partial charge >= 0.3 is 0 Å². The number of benzene rings is 2. The summed E-state index contributed by atoms with van der Waals surface area (Å²) in [4.78, 5) is 16.2. The highest BCUT2D eigenvalue weighted by atomic mass is 35.5. The maximum atomic E-state index is 14.0. The molecule has 0 aliphatic rings. The van der Waals surface area contributed by atoms with E-state index >= 15 is 0 Å². The van der Waals surface area contributed by atoms with Gasteiger partial charge in [-0.05, 0) is 42.8 Å². The summed E-state index contributed by atoms with van der Waals surface area (Å²) in [6.45, 7) is 1.53. The summed E-state index contributed by atoms with van der Waals surface area (Å²) in [7, 11) is -2.76. The largest absolute Gasteiger partial charge is 0.333 e. The number of rotatable bonds is 4. The maximum absolute atomic E-state index is 14.0. The molecular formula is C18H14ClF2N3O3S. The van der Waals surface area contributed by atoms with E-state index in [0.717, 1.165) is 12.1 Å². The van der Waals surface area contributed by atoms with E-state index in [1.54, 1.807) is 0 Å². The Morgan fingerprint density at radius 3 is 2.43 bits per heavy atom. The van der Waals surface area contributed by atoms with Crippen LogP contribution in [0.1, 0.15) is 16.1 Å². The van der Waals surface area contributed by atoms with Crippen LogP contribution in [0.25, 0.3) is 11.4 Å². The van der Waals surface area contributed by atoms with Crippen molar-refractivity contribution in [2.75, 3.05) is 0 Å². The van der Waals surface area contributed by atoms with Crippen LogP contribution in [-0.4, -0.2) is 23.9 Å². The summed E-state index contributed by atoms with van der Waals surface area (Å²) >= 11 is 5.82.